The number of nitrogens with zero attached hydrogens (tertiary/aromatic N) is 2. The zero-order valence-electron chi connectivity index (χ0n) is 16.8. The van der Waals surface area contributed by atoms with Crippen LogP contribution >= 0.6 is 0 Å². The van der Waals surface area contributed by atoms with Crippen LogP contribution < -0.4 is 10.6 Å². The number of hydrogen-bond donors (Lipinski definition) is 2. The molecule has 0 aliphatic heterocycles. The zero-order chi connectivity index (χ0) is 20.6. The fourth-order valence-corrected chi connectivity index (χ4v) is 3.27. The number of hydrogen-bond acceptors (Lipinski definition) is 6. The molecule has 0 unspecified atom stereocenters. The summed E-state index contributed by atoms with van der Waals surface area (Å²) in [5, 5.41) is 5.99. The van der Waals surface area contributed by atoms with Crippen molar-refractivity contribution >= 4 is 23.5 Å². The zero-order valence-corrected chi connectivity index (χ0v) is 16.8. The molecule has 152 valence electrons. The Labute approximate surface area is 170 Å². The number of carbonyl (C=O) groups excluding carboxylic acids is 2. The lowest BCUT2D eigenvalue weighted by Crippen LogP contribution is -2.17. The molecule has 0 saturated carbocycles. The van der Waals surface area contributed by atoms with Gasteiger partial charge in [-0.3, -0.25) is 4.79 Å². The van der Waals surface area contributed by atoms with E-state index in [4.69, 9.17) is 4.74 Å². The number of rotatable bonds is 7. The van der Waals surface area contributed by atoms with Crippen LogP contribution in [0, 0.1) is 6.92 Å². The number of methoxy groups -OCH3 is 1. The van der Waals surface area contributed by atoms with Crippen LogP contribution in [0.1, 0.15) is 58.6 Å². The Bertz CT molecular complexity index is 924. The van der Waals surface area contributed by atoms with Gasteiger partial charge in [-0.05, 0) is 63.3 Å². The topological polar surface area (TPSA) is 93.2 Å². The molecule has 0 radical (unpaired) electrons. The number of amides is 1. The molecule has 1 heterocycles. The first-order valence-electron chi connectivity index (χ1n) is 9.82. The lowest BCUT2D eigenvalue weighted by Gasteiger charge is -2.13. The Morgan fingerprint density at radius 1 is 1.17 bits per heavy atom. The molecule has 3 rings (SSSR count). The summed E-state index contributed by atoms with van der Waals surface area (Å²) >= 11 is 0. The van der Waals surface area contributed by atoms with Crippen LogP contribution in [0.15, 0.2) is 42.0 Å². The molecule has 7 nitrogen and oxygen atoms in total. The average Bonchev–Trinajstić information content (AvgIpc) is 2.73. The number of aryl methyl sites for hydroxylation is 1. The van der Waals surface area contributed by atoms with E-state index in [1.54, 1.807) is 30.3 Å². The van der Waals surface area contributed by atoms with Crippen LogP contribution in [0.3, 0.4) is 0 Å². The highest BCUT2D eigenvalue weighted by Gasteiger charge is 2.13. The third-order valence-corrected chi connectivity index (χ3v) is 4.74. The van der Waals surface area contributed by atoms with Crippen LogP contribution in [0.2, 0.25) is 0 Å². The SMILES string of the molecule is COC(=O)c1cccc(NC(=O)c2cc(C)nc(NCCC3=CCCCC3)n2)c1. The summed E-state index contributed by atoms with van der Waals surface area (Å²) in [7, 11) is 1.32. The summed E-state index contributed by atoms with van der Waals surface area (Å²) in [6.07, 6.45) is 8.14. The minimum atomic E-state index is -0.460. The lowest BCUT2D eigenvalue weighted by molar-refractivity contribution is 0.0600. The Balaban J connectivity index is 1.64. The van der Waals surface area contributed by atoms with E-state index in [-0.39, 0.29) is 11.6 Å². The Hall–Kier alpha value is -3.22. The summed E-state index contributed by atoms with van der Waals surface area (Å²) < 4.78 is 4.71. The molecule has 1 aliphatic carbocycles. The van der Waals surface area contributed by atoms with E-state index in [1.165, 1.54) is 25.5 Å². The van der Waals surface area contributed by atoms with Gasteiger partial charge >= 0.3 is 5.97 Å². The highest BCUT2D eigenvalue weighted by Crippen LogP contribution is 2.20. The van der Waals surface area contributed by atoms with E-state index in [1.807, 2.05) is 6.92 Å². The maximum Gasteiger partial charge on any atom is 0.337 e. The predicted octanol–water partition coefficient (Wildman–Crippen LogP) is 4.13. The third kappa shape index (κ3) is 5.88. The largest absolute Gasteiger partial charge is 0.465 e. The first kappa shape index (κ1) is 20.5. The molecule has 0 fully saturated rings. The van der Waals surface area contributed by atoms with Crippen molar-refractivity contribution in [1.29, 1.82) is 0 Å². The van der Waals surface area contributed by atoms with Crippen molar-refractivity contribution in [3.8, 4) is 0 Å². The minimum absolute atomic E-state index is 0.264. The van der Waals surface area contributed by atoms with Crippen molar-refractivity contribution in [3.63, 3.8) is 0 Å². The van der Waals surface area contributed by atoms with E-state index in [0.29, 0.717) is 22.9 Å². The van der Waals surface area contributed by atoms with E-state index in [9.17, 15) is 9.59 Å². The van der Waals surface area contributed by atoms with Gasteiger partial charge in [0.25, 0.3) is 5.91 Å². The van der Waals surface area contributed by atoms with Gasteiger partial charge < -0.3 is 15.4 Å². The summed E-state index contributed by atoms with van der Waals surface area (Å²) in [5.41, 5.74) is 3.30. The monoisotopic (exact) mass is 394 g/mol. The van der Waals surface area contributed by atoms with Crippen molar-refractivity contribution in [2.45, 2.75) is 39.0 Å². The molecule has 29 heavy (non-hydrogen) atoms. The molecule has 1 aromatic carbocycles. The summed E-state index contributed by atoms with van der Waals surface area (Å²) in [6.45, 7) is 2.56. The maximum atomic E-state index is 12.6. The molecule has 1 aromatic heterocycles. The molecule has 1 aliphatic rings. The highest BCUT2D eigenvalue weighted by atomic mass is 16.5. The normalized spacial score (nSPS) is 13.4. The Morgan fingerprint density at radius 2 is 2.03 bits per heavy atom. The fourth-order valence-electron chi connectivity index (χ4n) is 3.27. The molecule has 2 N–H and O–H groups in total. The summed E-state index contributed by atoms with van der Waals surface area (Å²) in [4.78, 5) is 33.0. The number of aromatic nitrogens is 2. The average molecular weight is 394 g/mol. The second-order valence-corrected chi connectivity index (χ2v) is 7.03. The maximum absolute atomic E-state index is 12.6. The summed E-state index contributed by atoms with van der Waals surface area (Å²) in [6, 6.07) is 8.21. The third-order valence-electron chi connectivity index (χ3n) is 4.74. The number of benzene rings is 1. The molecule has 0 bridgehead atoms. The van der Waals surface area contributed by atoms with Gasteiger partial charge in [-0.25, -0.2) is 14.8 Å². The van der Waals surface area contributed by atoms with Gasteiger partial charge in [0.1, 0.15) is 5.69 Å². The van der Waals surface area contributed by atoms with Gasteiger partial charge in [0.2, 0.25) is 5.95 Å². The van der Waals surface area contributed by atoms with E-state index < -0.39 is 5.97 Å². The standard InChI is InChI=1S/C22H26N4O3/c1-15-13-19(20(27)25-18-10-6-9-17(14-18)21(28)29-2)26-22(24-15)23-12-11-16-7-4-3-5-8-16/h6-7,9-10,13-14H,3-5,8,11-12H2,1-2H3,(H,25,27)(H,23,24,26). The van der Waals surface area contributed by atoms with Crippen molar-refractivity contribution in [2.24, 2.45) is 0 Å². The van der Waals surface area contributed by atoms with Crippen LogP contribution in [0.5, 0.6) is 0 Å². The number of carbonyl (C=O) groups is 2. The minimum Gasteiger partial charge on any atom is -0.465 e. The molecule has 7 heteroatoms. The van der Waals surface area contributed by atoms with Crippen molar-refractivity contribution in [3.05, 3.63) is 58.9 Å². The Kier molecular flexibility index (Phi) is 6.94. The van der Waals surface area contributed by atoms with Gasteiger partial charge in [0.15, 0.2) is 0 Å². The van der Waals surface area contributed by atoms with Gasteiger partial charge in [0, 0.05) is 17.9 Å². The molecular formula is C22H26N4O3. The molecule has 0 atom stereocenters. The van der Waals surface area contributed by atoms with E-state index in [2.05, 4.69) is 26.7 Å². The first-order valence-corrected chi connectivity index (χ1v) is 9.82. The van der Waals surface area contributed by atoms with Crippen LogP contribution in [-0.4, -0.2) is 35.5 Å². The summed E-state index contributed by atoms with van der Waals surface area (Å²) in [5.74, 6) is -0.385. The number of anilines is 2. The predicted molar refractivity (Wildman–Crippen MR) is 112 cm³/mol. The lowest BCUT2D eigenvalue weighted by atomic mass is 9.97. The highest BCUT2D eigenvalue weighted by molar-refractivity contribution is 6.03. The molecule has 2 aromatic rings. The van der Waals surface area contributed by atoms with Crippen LogP contribution in [0.4, 0.5) is 11.6 Å². The van der Waals surface area contributed by atoms with Gasteiger partial charge in [-0.1, -0.05) is 17.7 Å². The van der Waals surface area contributed by atoms with Gasteiger partial charge in [0.05, 0.1) is 12.7 Å². The Morgan fingerprint density at radius 3 is 2.79 bits per heavy atom. The number of nitrogens with one attached hydrogen (secondary N) is 2. The van der Waals surface area contributed by atoms with Crippen LogP contribution in [-0.2, 0) is 4.74 Å². The van der Waals surface area contributed by atoms with Crippen LogP contribution in [0.25, 0.3) is 0 Å². The number of esters is 1. The quantitative estimate of drug-likeness (QED) is 0.542. The van der Waals surface area contributed by atoms with E-state index >= 15 is 0 Å². The van der Waals surface area contributed by atoms with Crippen molar-refractivity contribution in [2.75, 3.05) is 24.3 Å². The number of allylic oxidation sites excluding steroid dienone is 1. The molecule has 0 spiro atoms. The van der Waals surface area contributed by atoms with Crippen molar-refractivity contribution in [1.82, 2.24) is 9.97 Å². The number of ether oxygens (including phenoxy) is 1. The van der Waals surface area contributed by atoms with Crippen molar-refractivity contribution < 1.29 is 14.3 Å². The second-order valence-electron chi connectivity index (χ2n) is 7.03. The molecule has 0 saturated heterocycles. The second kappa shape index (κ2) is 9.82. The fraction of sp³-hybridized carbons (Fsp3) is 0.364. The van der Waals surface area contributed by atoms with Gasteiger partial charge in [-0.2, -0.15) is 0 Å². The molecule has 1 amide bonds. The van der Waals surface area contributed by atoms with E-state index in [0.717, 1.165) is 25.8 Å². The molecular weight excluding hydrogens is 368 g/mol. The van der Waals surface area contributed by atoms with Gasteiger partial charge in [-0.15, -0.1) is 0 Å². The smallest absolute Gasteiger partial charge is 0.337 e. The first-order chi connectivity index (χ1) is 14.0.